The molecule has 0 aliphatic heterocycles. The Bertz CT molecular complexity index is 754. The number of hydrogen-bond acceptors (Lipinski definition) is 1. The fourth-order valence-electron chi connectivity index (χ4n) is 3.45. The second kappa shape index (κ2) is 5.57. The first-order valence-electron chi connectivity index (χ1n) is 7.90. The molecule has 0 saturated heterocycles. The average Bonchev–Trinajstić information content (AvgIpc) is 2.89. The van der Waals surface area contributed by atoms with Crippen LogP contribution in [0, 0.1) is 19.3 Å². The van der Waals surface area contributed by atoms with Crippen molar-refractivity contribution in [1.29, 1.82) is 0 Å². The highest BCUT2D eigenvalue weighted by molar-refractivity contribution is 6.08. The van der Waals surface area contributed by atoms with Gasteiger partial charge in [-0.15, -0.1) is 0 Å². The first kappa shape index (κ1) is 14.8. The van der Waals surface area contributed by atoms with Crippen LogP contribution in [-0.2, 0) is 0 Å². The second-order valence-corrected chi connectivity index (χ2v) is 6.56. The van der Waals surface area contributed by atoms with Crippen molar-refractivity contribution in [3.05, 3.63) is 76.9 Å². The molecule has 0 spiro atoms. The van der Waals surface area contributed by atoms with Crippen LogP contribution in [0.15, 0.2) is 54.6 Å². The molecule has 0 aromatic heterocycles. The summed E-state index contributed by atoms with van der Waals surface area (Å²) in [5, 5.41) is 0. The van der Waals surface area contributed by atoms with Gasteiger partial charge in [0.15, 0.2) is 5.78 Å². The minimum atomic E-state index is -0.415. The number of hydrogen-bond donors (Lipinski definition) is 0. The Morgan fingerprint density at radius 2 is 1.68 bits per heavy atom. The maximum absolute atomic E-state index is 13.1. The lowest BCUT2D eigenvalue weighted by molar-refractivity contribution is 0.0877. The SMILES string of the molecule is Cc1cccc(C(=O)[C@]2(C)CCC=C2c2cccc(C)c2)c1. The minimum absolute atomic E-state index is 0.237. The van der Waals surface area contributed by atoms with E-state index in [4.69, 9.17) is 0 Å². The number of carbonyl (C=O) groups is 1. The molecule has 1 atom stereocenters. The fraction of sp³-hybridized carbons (Fsp3) is 0.286. The molecule has 0 amide bonds. The molecule has 1 aliphatic rings. The van der Waals surface area contributed by atoms with Crippen LogP contribution in [0.25, 0.3) is 5.57 Å². The van der Waals surface area contributed by atoms with Gasteiger partial charge in [-0.25, -0.2) is 0 Å². The van der Waals surface area contributed by atoms with E-state index in [-0.39, 0.29) is 5.78 Å². The van der Waals surface area contributed by atoms with Crippen LogP contribution in [0.1, 0.15) is 46.8 Å². The summed E-state index contributed by atoms with van der Waals surface area (Å²) in [6, 6.07) is 16.4. The highest BCUT2D eigenvalue weighted by Gasteiger charge is 2.40. The summed E-state index contributed by atoms with van der Waals surface area (Å²) in [6.45, 7) is 6.22. The summed E-state index contributed by atoms with van der Waals surface area (Å²) >= 11 is 0. The first-order valence-corrected chi connectivity index (χ1v) is 7.90. The lowest BCUT2D eigenvalue weighted by Gasteiger charge is -2.27. The van der Waals surface area contributed by atoms with Crippen LogP contribution in [0.2, 0.25) is 0 Å². The number of Topliss-reactive ketones (excluding diaryl/α,β-unsaturated/α-hetero) is 1. The van der Waals surface area contributed by atoms with Crippen molar-refractivity contribution in [2.24, 2.45) is 5.41 Å². The minimum Gasteiger partial charge on any atom is -0.293 e. The van der Waals surface area contributed by atoms with Crippen molar-refractivity contribution in [3.63, 3.8) is 0 Å². The first-order chi connectivity index (χ1) is 10.5. The molecule has 0 heterocycles. The Hall–Kier alpha value is -2.15. The molecule has 0 radical (unpaired) electrons. The van der Waals surface area contributed by atoms with E-state index >= 15 is 0 Å². The van der Waals surface area contributed by atoms with Gasteiger partial charge in [-0.05, 0) is 50.8 Å². The third-order valence-corrected chi connectivity index (χ3v) is 4.70. The van der Waals surface area contributed by atoms with Gasteiger partial charge in [0.05, 0.1) is 5.41 Å². The van der Waals surface area contributed by atoms with Gasteiger partial charge >= 0.3 is 0 Å². The predicted octanol–water partition coefficient (Wildman–Crippen LogP) is 5.37. The number of benzene rings is 2. The van der Waals surface area contributed by atoms with Gasteiger partial charge in [0.1, 0.15) is 0 Å². The Morgan fingerprint density at radius 3 is 2.36 bits per heavy atom. The molecule has 0 N–H and O–H groups in total. The molecule has 0 unspecified atom stereocenters. The van der Waals surface area contributed by atoms with E-state index in [9.17, 15) is 4.79 Å². The Labute approximate surface area is 132 Å². The number of carbonyl (C=O) groups excluding carboxylic acids is 1. The summed E-state index contributed by atoms with van der Waals surface area (Å²) in [7, 11) is 0. The smallest absolute Gasteiger partial charge is 0.173 e. The Morgan fingerprint density at radius 1 is 1.00 bits per heavy atom. The Balaban J connectivity index is 2.01. The number of allylic oxidation sites excluding steroid dienone is 2. The summed E-state index contributed by atoms with van der Waals surface area (Å²) in [4.78, 5) is 13.1. The van der Waals surface area contributed by atoms with Crippen molar-refractivity contribution in [2.75, 3.05) is 0 Å². The summed E-state index contributed by atoms with van der Waals surface area (Å²) in [5.74, 6) is 0.237. The second-order valence-electron chi connectivity index (χ2n) is 6.56. The third kappa shape index (κ3) is 2.52. The monoisotopic (exact) mass is 290 g/mol. The van der Waals surface area contributed by atoms with Crippen molar-refractivity contribution >= 4 is 11.4 Å². The normalized spacial score (nSPS) is 20.8. The van der Waals surface area contributed by atoms with E-state index in [0.717, 1.165) is 24.0 Å². The molecule has 1 heteroatoms. The van der Waals surface area contributed by atoms with Gasteiger partial charge < -0.3 is 0 Å². The summed E-state index contributed by atoms with van der Waals surface area (Å²) < 4.78 is 0. The predicted molar refractivity (Wildman–Crippen MR) is 92.0 cm³/mol. The average molecular weight is 290 g/mol. The van der Waals surface area contributed by atoms with Gasteiger partial charge in [0.2, 0.25) is 0 Å². The highest BCUT2D eigenvalue weighted by Crippen LogP contribution is 2.46. The molecule has 0 fully saturated rings. The van der Waals surface area contributed by atoms with E-state index in [0.29, 0.717) is 0 Å². The van der Waals surface area contributed by atoms with Gasteiger partial charge in [0.25, 0.3) is 0 Å². The number of ketones is 1. The zero-order chi connectivity index (χ0) is 15.7. The van der Waals surface area contributed by atoms with Crippen LogP contribution >= 0.6 is 0 Å². The Kier molecular flexibility index (Phi) is 3.74. The number of aryl methyl sites for hydroxylation is 2. The molecule has 112 valence electrons. The van der Waals surface area contributed by atoms with Crippen molar-refractivity contribution in [1.82, 2.24) is 0 Å². The largest absolute Gasteiger partial charge is 0.293 e. The van der Waals surface area contributed by atoms with Crippen LogP contribution in [-0.4, -0.2) is 5.78 Å². The van der Waals surface area contributed by atoms with E-state index < -0.39 is 5.41 Å². The van der Waals surface area contributed by atoms with Crippen LogP contribution in [0.3, 0.4) is 0 Å². The van der Waals surface area contributed by atoms with E-state index in [1.54, 1.807) is 0 Å². The maximum Gasteiger partial charge on any atom is 0.173 e. The zero-order valence-electron chi connectivity index (χ0n) is 13.5. The molecular weight excluding hydrogens is 268 g/mol. The van der Waals surface area contributed by atoms with Gasteiger partial charge in [-0.1, -0.05) is 59.7 Å². The molecule has 2 aromatic rings. The summed E-state index contributed by atoms with van der Waals surface area (Å²) in [5.41, 5.74) is 5.14. The van der Waals surface area contributed by atoms with Gasteiger partial charge in [-0.3, -0.25) is 4.79 Å². The topological polar surface area (TPSA) is 17.1 Å². The molecule has 22 heavy (non-hydrogen) atoms. The van der Waals surface area contributed by atoms with Crippen LogP contribution in [0.5, 0.6) is 0 Å². The molecular formula is C21H22O. The van der Waals surface area contributed by atoms with Crippen molar-refractivity contribution < 1.29 is 4.79 Å². The van der Waals surface area contributed by atoms with Crippen molar-refractivity contribution in [2.45, 2.75) is 33.6 Å². The highest BCUT2D eigenvalue weighted by atomic mass is 16.1. The zero-order valence-corrected chi connectivity index (χ0v) is 13.5. The van der Waals surface area contributed by atoms with Crippen LogP contribution in [0.4, 0.5) is 0 Å². The molecule has 0 bridgehead atoms. The quantitative estimate of drug-likeness (QED) is 0.694. The van der Waals surface area contributed by atoms with Gasteiger partial charge in [-0.2, -0.15) is 0 Å². The molecule has 3 rings (SSSR count). The van der Waals surface area contributed by atoms with Gasteiger partial charge in [0, 0.05) is 5.56 Å². The third-order valence-electron chi connectivity index (χ3n) is 4.70. The van der Waals surface area contributed by atoms with E-state index in [1.807, 2.05) is 31.2 Å². The lowest BCUT2D eigenvalue weighted by Crippen LogP contribution is -2.27. The van der Waals surface area contributed by atoms with Crippen molar-refractivity contribution in [3.8, 4) is 0 Å². The molecule has 0 saturated carbocycles. The molecule has 1 nitrogen and oxygen atoms in total. The fourth-order valence-corrected chi connectivity index (χ4v) is 3.45. The van der Waals surface area contributed by atoms with E-state index in [2.05, 4.69) is 44.2 Å². The standard InChI is InChI=1S/C21H22O/c1-15-7-4-9-17(13-15)19-11-6-12-21(19,3)20(22)18-10-5-8-16(2)14-18/h4-5,7-11,13-14H,6,12H2,1-3H3/t21-/m1/s1. The molecule has 2 aromatic carbocycles. The lowest BCUT2D eigenvalue weighted by atomic mass is 9.74. The summed E-state index contributed by atoms with van der Waals surface area (Å²) in [6.07, 6.45) is 4.10. The molecule has 1 aliphatic carbocycles. The van der Waals surface area contributed by atoms with Crippen LogP contribution < -0.4 is 0 Å². The maximum atomic E-state index is 13.1. The number of rotatable bonds is 3. The van der Waals surface area contributed by atoms with E-state index in [1.165, 1.54) is 16.7 Å².